The van der Waals surface area contributed by atoms with Crippen LogP contribution >= 0.6 is 0 Å². The fourth-order valence-electron chi connectivity index (χ4n) is 2.64. The van der Waals surface area contributed by atoms with Crippen LogP contribution in [0.15, 0.2) is 17.0 Å². The van der Waals surface area contributed by atoms with Gasteiger partial charge in [-0.2, -0.15) is 0 Å². The molecule has 0 aliphatic heterocycles. The second-order valence-electron chi connectivity index (χ2n) is 5.43. The lowest BCUT2D eigenvalue weighted by Gasteiger charge is -2.40. The molecular weight excluding hydrogens is 281 g/mol. The van der Waals surface area contributed by atoms with Crippen molar-refractivity contribution in [3.63, 3.8) is 0 Å². The number of hydrogen-bond acceptors (Lipinski definition) is 3. The van der Waals surface area contributed by atoms with Crippen molar-refractivity contribution in [1.29, 1.82) is 0 Å². The van der Waals surface area contributed by atoms with E-state index in [0.29, 0.717) is 11.1 Å². The van der Waals surface area contributed by atoms with E-state index < -0.39 is 15.8 Å². The maximum atomic E-state index is 13.3. The smallest absolute Gasteiger partial charge is 0.241 e. The Balaban J connectivity index is 2.23. The second-order valence-corrected chi connectivity index (χ2v) is 7.14. The Labute approximate surface area is 119 Å². The number of rotatable bonds is 5. The predicted molar refractivity (Wildman–Crippen MR) is 74.7 cm³/mol. The first-order valence-electron chi connectivity index (χ1n) is 6.61. The molecule has 0 aromatic heterocycles. The van der Waals surface area contributed by atoms with Crippen LogP contribution in [0, 0.1) is 19.7 Å². The Hall–Kier alpha value is -0.980. The van der Waals surface area contributed by atoms with Gasteiger partial charge in [-0.25, -0.2) is 17.5 Å². The van der Waals surface area contributed by atoms with Crippen molar-refractivity contribution in [3.8, 4) is 0 Å². The van der Waals surface area contributed by atoms with Gasteiger partial charge in [-0.3, -0.25) is 0 Å². The zero-order valence-corrected chi connectivity index (χ0v) is 12.8. The molecule has 0 radical (unpaired) electrons. The molecule has 1 fully saturated rings. The highest BCUT2D eigenvalue weighted by atomic mass is 32.2. The van der Waals surface area contributed by atoms with Gasteiger partial charge in [0.1, 0.15) is 5.82 Å². The summed E-state index contributed by atoms with van der Waals surface area (Å²) in [7, 11) is -2.06. The number of hydrogen-bond donors (Lipinski definition) is 1. The molecule has 1 aliphatic rings. The molecule has 0 heterocycles. The summed E-state index contributed by atoms with van der Waals surface area (Å²) in [5, 5.41) is 0. The first kappa shape index (κ1) is 15.4. The molecule has 0 unspecified atom stereocenters. The largest absolute Gasteiger partial charge is 0.377 e. The van der Waals surface area contributed by atoms with Gasteiger partial charge in [0.05, 0.1) is 10.5 Å². The van der Waals surface area contributed by atoms with Gasteiger partial charge >= 0.3 is 0 Å². The van der Waals surface area contributed by atoms with Crippen molar-refractivity contribution in [2.24, 2.45) is 0 Å². The van der Waals surface area contributed by atoms with E-state index >= 15 is 0 Å². The minimum Gasteiger partial charge on any atom is -0.377 e. The van der Waals surface area contributed by atoms with Gasteiger partial charge in [-0.1, -0.05) is 0 Å². The van der Waals surface area contributed by atoms with E-state index in [1.54, 1.807) is 21.0 Å². The Morgan fingerprint density at radius 3 is 2.25 bits per heavy atom. The minimum absolute atomic E-state index is 0.157. The Morgan fingerprint density at radius 2 is 1.85 bits per heavy atom. The van der Waals surface area contributed by atoms with Crippen LogP contribution in [0.1, 0.15) is 30.4 Å². The molecule has 112 valence electrons. The maximum absolute atomic E-state index is 13.3. The van der Waals surface area contributed by atoms with Gasteiger partial charge < -0.3 is 4.74 Å². The Kier molecular flexibility index (Phi) is 4.18. The van der Waals surface area contributed by atoms with Crippen LogP contribution in [-0.2, 0) is 14.8 Å². The molecule has 1 aromatic rings. The molecule has 0 spiro atoms. The fourth-order valence-corrected chi connectivity index (χ4v) is 4.21. The third-order valence-corrected chi connectivity index (χ3v) is 5.68. The predicted octanol–water partition coefficient (Wildman–Crippen LogP) is 2.29. The van der Waals surface area contributed by atoms with Gasteiger partial charge in [-0.15, -0.1) is 0 Å². The van der Waals surface area contributed by atoms with Gasteiger partial charge in [0.15, 0.2) is 0 Å². The fraction of sp³-hybridized carbons (Fsp3) is 0.571. The van der Waals surface area contributed by atoms with Crippen LogP contribution in [0.3, 0.4) is 0 Å². The van der Waals surface area contributed by atoms with Crippen LogP contribution in [-0.4, -0.2) is 27.7 Å². The van der Waals surface area contributed by atoms with Crippen molar-refractivity contribution in [2.75, 3.05) is 13.7 Å². The molecule has 0 amide bonds. The number of benzene rings is 1. The van der Waals surface area contributed by atoms with Crippen LogP contribution in [0.25, 0.3) is 0 Å². The first-order chi connectivity index (χ1) is 9.30. The zero-order valence-electron chi connectivity index (χ0n) is 12.0. The van der Waals surface area contributed by atoms with Gasteiger partial charge in [0.25, 0.3) is 0 Å². The maximum Gasteiger partial charge on any atom is 0.241 e. The molecular formula is C14H20FNO3S. The quantitative estimate of drug-likeness (QED) is 0.908. The summed E-state index contributed by atoms with van der Waals surface area (Å²) in [6.45, 7) is 3.45. The summed E-state index contributed by atoms with van der Waals surface area (Å²) in [5.74, 6) is -0.425. The average molecular weight is 301 g/mol. The van der Waals surface area contributed by atoms with Crippen molar-refractivity contribution in [2.45, 2.75) is 43.6 Å². The molecule has 1 aliphatic carbocycles. The Bertz CT molecular complexity index is 580. The number of nitrogens with one attached hydrogen (secondary N) is 1. The van der Waals surface area contributed by atoms with Gasteiger partial charge in [-0.05, 0) is 56.4 Å². The molecule has 4 nitrogen and oxygen atoms in total. The number of methoxy groups -OCH3 is 1. The molecule has 20 heavy (non-hydrogen) atoms. The summed E-state index contributed by atoms with van der Waals surface area (Å²) in [4.78, 5) is 0.157. The molecule has 0 saturated heterocycles. The summed E-state index contributed by atoms with van der Waals surface area (Å²) in [6, 6.07) is 2.47. The average Bonchev–Trinajstić information content (AvgIpc) is 2.25. The van der Waals surface area contributed by atoms with E-state index in [-0.39, 0.29) is 17.0 Å². The summed E-state index contributed by atoms with van der Waals surface area (Å²) in [5.41, 5.74) is 0.444. The third kappa shape index (κ3) is 2.87. The lowest BCUT2D eigenvalue weighted by molar-refractivity contribution is -0.0659. The van der Waals surface area contributed by atoms with E-state index in [1.807, 2.05) is 0 Å². The number of ether oxygens (including phenoxy) is 1. The molecule has 0 atom stereocenters. The topological polar surface area (TPSA) is 55.4 Å². The van der Waals surface area contributed by atoms with Crippen LogP contribution in [0.5, 0.6) is 0 Å². The molecule has 2 rings (SSSR count). The standard InChI is InChI=1S/C14H20FNO3S/c1-10-7-12(15)8-11(2)13(10)20(17,18)16-9-14(19-3)5-4-6-14/h7-8,16H,4-6,9H2,1-3H3. The molecule has 1 saturated carbocycles. The van der Waals surface area contributed by atoms with Gasteiger partial charge in [0.2, 0.25) is 10.0 Å². The van der Waals surface area contributed by atoms with Crippen molar-refractivity contribution in [1.82, 2.24) is 4.72 Å². The third-order valence-electron chi connectivity index (χ3n) is 3.98. The lowest BCUT2D eigenvalue weighted by Crippen LogP contribution is -2.49. The van der Waals surface area contributed by atoms with Crippen molar-refractivity contribution in [3.05, 3.63) is 29.1 Å². The number of sulfonamides is 1. The minimum atomic E-state index is -3.65. The number of halogens is 1. The lowest BCUT2D eigenvalue weighted by atomic mass is 9.80. The summed E-state index contributed by atoms with van der Waals surface area (Å²) < 4.78 is 46.0. The van der Waals surface area contributed by atoms with E-state index in [1.165, 1.54) is 12.1 Å². The zero-order chi connectivity index (χ0) is 15.0. The van der Waals surface area contributed by atoms with E-state index in [2.05, 4.69) is 4.72 Å². The normalized spacial score (nSPS) is 17.8. The molecule has 0 bridgehead atoms. The highest BCUT2D eigenvalue weighted by Gasteiger charge is 2.38. The van der Waals surface area contributed by atoms with E-state index in [0.717, 1.165) is 19.3 Å². The highest BCUT2D eigenvalue weighted by molar-refractivity contribution is 7.89. The van der Waals surface area contributed by atoms with Crippen molar-refractivity contribution >= 4 is 10.0 Å². The monoisotopic (exact) mass is 301 g/mol. The Morgan fingerprint density at radius 1 is 1.30 bits per heavy atom. The summed E-state index contributed by atoms with van der Waals surface area (Å²) in [6.07, 6.45) is 2.75. The highest BCUT2D eigenvalue weighted by Crippen LogP contribution is 2.34. The van der Waals surface area contributed by atoms with Crippen molar-refractivity contribution < 1.29 is 17.5 Å². The SMILES string of the molecule is COC1(CNS(=O)(=O)c2c(C)cc(F)cc2C)CCC1. The van der Waals surface area contributed by atoms with Crippen LogP contribution in [0.4, 0.5) is 4.39 Å². The van der Waals surface area contributed by atoms with Crippen LogP contribution in [0.2, 0.25) is 0 Å². The summed E-state index contributed by atoms with van der Waals surface area (Å²) >= 11 is 0. The van der Waals surface area contributed by atoms with E-state index in [4.69, 9.17) is 4.74 Å². The number of aryl methyl sites for hydroxylation is 2. The first-order valence-corrected chi connectivity index (χ1v) is 8.10. The van der Waals surface area contributed by atoms with Crippen LogP contribution < -0.4 is 4.72 Å². The van der Waals surface area contributed by atoms with Gasteiger partial charge in [0, 0.05) is 13.7 Å². The molecule has 6 heteroatoms. The van der Waals surface area contributed by atoms with E-state index in [9.17, 15) is 12.8 Å². The molecule has 1 aromatic carbocycles. The molecule has 1 N–H and O–H groups in total. The second kappa shape index (κ2) is 5.42.